The van der Waals surface area contributed by atoms with Gasteiger partial charge in [-0.2, -0.15) is 0 Å². The third kappa shape index (κ3) is 3.93. The lowest BCUT2D eigenvalue weighted by molar-refractivity contribution is -0.132. The molecule has 0 aromatic rings. The third-order valence-electron chi connectivity index (χ3n) is 2.80. The van der Waals surface area contributed by atoms with Crippen LogP contribution in [0.25, 0.3) is 0 Å². The summed E-state index contributed by atoms with van der Waals surface area (Å²) in [6.07, 6.45) is 9.90. The Hall–Kier alpha value is -1.01. The average Bonchev–Trinajstić information content (AvgIpc) is 2.53. The first-order chi connectivity index (χ1) is 7.25. The maximum absolute atomic E-state index is 12.0. The number of terminal acetylenes is 1. The zero-order valence-corrected chi connectivity index (χ0v) is 9.46. The van der Waals surface area contributed by atoms with E-state index in [1.807, 2.05) is 11.8 Å². The maximum Gasteiger partial charge on any atom is 0.239 e. The predicted octanol–water partition coefficient (Wildman–Crippen LogP) is 1.00. The lowest BCUT2D eigenvalue weighted by Gasteiger charge is -2.24. The van der Waals surface area contributed by atoms with Gasteiger partial charge in [-0.1, -0.05) is 18.8 Å². The first-order valence-corrected chi connectivity index (χ1v) is 5.71. The molecule has 0 aromatic heterocycles. The molecule has 1 heterocycles. The normalized spacial score (nSPS) is 19.1. The Kier molecular flexibility index (Phi) is 5.20. The highest BCUT2D eigenvalue weighted by molar-refractivity contribution is 5.81. The molecule has 1 atom stereocenters. The van der Waals surface area contributed by atoms with Crippen LogP contribution in [0.2, 0.25) is 0 Å². The zero-order chi connectivity index (χ0) is 11.1. The number of carbonyl (C=O) groups is 1. The molecular weight excluding hydrogens is 188 g/mol. The molecule has 1 aliphatic heterocycles. The van der Waals surface area contributed by atoms with Crippen LogP contribution >= 0.6 is 0 Å². The summed E-state index contributed by atoms with van der Waals surface area (Å²) in [6, 6.07) is -0.154. The van der Waals surface area contributed by atoms with Crippen molar-refractivity contribution in [2.45, 2.75) is 38.6 Å². The van der Waals surface area contributed by atoms with Gasteiger partial charge in [0.05, 0.1) is 12.6 Å². The van der Waals surface area contributed by atoms with E-state index in [1.165, 1.54) is 12.8 Å². The lowest BCUT2D eigenvalue weighted by atomic mass is 10.2. The summed E-state index contributed by atoms with van der Waals surface area (Å²) in [4.78, 5) is 13.9. The van der Waals surface area contributed by atoms with Crippen LogP contribution in [0.15, 0.2) is 0 Å². The number of nitrogens with one attached hydrogen (secondary N) is 1. The fraction of sp³-hybridized carbons (Fsp3) is 0.750. The van der Waals surface area contributed by atoms with Crippen LogP contribution < -0.4 is 5.32 Å². The molecule has 0 aromatic carbocycles. The van der Waals surface area contributed by atoms with E-state index in [-0.39, 0.29) is 11.9 Å². The van der Waals surface area contributed by atoms with Crippen LogP contribution in [0.5, 0.6) is 0 Å². The molecule has 0 spiro atoms. The first-order valence-electron chi connectivity index (χ1n) is 5.71. The Morgan fingerprint density at radius 1 is 1.40 bits per heavy atom. The van der Waals surface area contributed by atoms with Gasteiger partial charge < -0.3 is 4.90 Å². The van der Waals surface area contributed by atoms with Gasteiger partial charge >= 0.3 is 0 Å². The maximum atomic E-state index is 12.0. The number of rotatable bonds is 3. The van der Waals surface area contributed by atoms with Gasteiger partial charge in [0.2, 0.25) is 5.91 Å². The Morgan fingerprint density at radius 2 is 2.00 bits per heavy atom. The van der Waals surface area contributed by atoms with E-state index < -0.39 is 0 Å². The molecule has 1 aliphatic rings. The molecule has 1 unspecified atom stereocenters. The molecule has 15 heavy (non-hydrogen) atoms. The summed E-state index contributed by atoms with van der Waals surface area (Å²) in [5.41, 5.74) is 0. The van der Waals surface area contributed by atoms with Gasteiger partial charge in [-0.05, 0) is 19.8 Å². The summed E-state index contributed by atoms with van der Waals surface area (Å²) >= 11 is 0. The van der Waals surface area contributed by atoms with Gasteiger partial charge in [-0.15, -0.1) is 6.42 Å². The summed E-state index contributed by atoms with van der Waals surface area (Å²) in [5, 5.41) is 3.02. The molecule has 0 aliphatic carbocycles. The van der Waals surface area contributed by atoms with E-state index >= 15 is 0 Å². The van der Waals surface area contributed by atoms with Crippen molar-refractivity contribution < 1.29 is 4.79 Å². The van der Waals surface area contributed by atoms with Gasteiger partial charge in [0.25, 0.3) is 0 Å². The Bertz CT molecular complexity index is 236. The van der Waals surface area contributed by atoms with E-state index in [9.17, 15) is 4.79 Å². The van der Waals surface area contributed by atoms with Crippen LogP contribution in [0, 0.1) is 12.3 Å². The van der Waals surface area contributed by atoms with E-state index in [0.29, 0.717) is 6.54 Å². The monoisotopic (exact) mass is 208 g/mol. The Balaban J connectivity index is 2.39. The molecule has 3 heteroatoms. The first kappa shape index (κ1) is 12.1. The smallest absolute Gasteiger partial charge is 0.239 e. The highest BCUT2D eigenvalue weighted by atomic mass is 16.2. The largest absolute Gasteiger partial charge is 0.341 e. The topological polar surface area (TPSA) is 32.3 Å². The van der Waals surface area contributed by atoms with E-state index in [4.69, 9.17) is 6.42 Å². The number of likely N-dealkylation sites (tertiary alicyclic amines) is 1. The van der Waals surface area contributed by atoms with Crippen LogP contribution in [0.3, 0.4) is 0 Å². The number of hydrogen-bond acceptors (Lipinski definition) is 2. The molecule has 1 N–H and O–H groups in total. The van der Waals surface area contributed by atoms with Crippen LogP contribution in [-0.4, -0.2) is 36.5 Å². The van der Waals surface area contributed by atoms with Crippen LogP contribution in [-0.2, 0) is 4.79 Å². The van der Waals surface area contributed by atoms with Crippen molar-refractivity contribution in [3.8, 4) is 12.3 Å². The van der Waals surface area contributed by atoms with Gasteiger partial charge in [-0.3, -0.25) is 10.1 Å². The van der Waals surface area contributed by atoms with Crippen molar-refractivity contribution in [1.82, 2.24) is 10.2 Å². The molecule has 1 saturated heterocycles. The van der Waals surface area contributed by atoms with Crippen molar-refractivity contribution in [3.05, 3.63) is 0 Å². The lowest BCUT2D eigenvalue weighted by Crippen LogP contribution is -2.45. The SMILES string of the molecule is C#CCNC(C)C(=O)N1CCCCCC1. The third-order valence-corrected chi connectivity index (χ3v) is 2.80. The van der Waals surface area contributed by atoms with Crippen molar-refractivity contribution >= 4 is 5.91 Å². The number of nitrogens with zero attached hydrogens (tertiary/aromatic N) is 1. The Labute approximate surface area is 92.2 Å². The van der Waals surface area contributed by atoms with E-state index in [0.717, 1.165) is 25.9 Å². The van der Waals surface area contributed by atoms with Crippen molar-refractivity contribution in [3.63, 3.8) is 0 Å². The van der Waals surface area contributed by atoms with Gasteiger partial charge in [0.1, 0.15) is 0 Å². The fourth-order valence-electron chi connectivity index (χ4n) is 1.86. The standard InChI is InChI=1S/C12H20N2O/c1-3-8-13-11(2)12(15)14-9-6-4-5-7-10-14/h1,11,13H,4-10H2,2H3. The van der Waals surface area contributed by atoms with Crippen molar-refractivity contribution in [1.29, 1.82) is 0 Å². The zero-order valence-electron chi connectivity index (χ0n) is 9.46. The van der Waals surface area contributed by atoms with Gasteiger partial charge in [-0.25, -0.2) is 0 Å². The minimum atomic E-state index is -0.154. The fourth-order valence-corrected chi connectivity index (χ4v) is 1.86. The molecule has 3 nitrogen and oxygen atoms in total. The van der Waals surface area contributed by atoms with Crippen LogP contribution in [0.4, 0.5) is 0 Å². The predicted molar refractivity (Wildman–Crippen MR) is 61.3 cm³/mol. The number of carbonyl (C=O) groups excluding carboxylic acids is 1. The second-order valence-electron chi connectivity index (χ2n) is 4.05. The molecular formula is C12H20N2O. The van der Waals surface area contributed by atoms with E-state index in [1.54, 1.807) is 0 Å². The molecule has 0 saturated carbocycles. The molecule has 1 fully saturated rings. The summed E-state index contributed by atoms with van der Waals surface area (Å²) in [5.74, 6) is 2.67. The molecule has 0 radical (unpaired) electrons. The van der Waals surface area contributed by atoms with Crippen molar-refractivity contribution in [2.24, 2.45) is 0 Å². The summed E-state index contributed by atoms with van der Waals surface area (Å²) in [7, 11) is 0. The minimum Gasteiger partial charge on any atom is -0.341 e. The highest BCUT2D eigenvalue weighted by Crippen LogP contribution is 2.10. The summed E-state index contributed by atoms with van der Waals surface area (Å²) in [6.45, 7) is 4.15. The minimum absolute atomic E-state index is 0.154. The number of amides is 1. The summed E-state index contributed by atoms with van der Waals surface area (Å²) < 4.78 is 0. The average molecular weight is 208 g/mol. The van der Waals surface area contributed by atoms with Crippen LogP contribution in [0.1, 0.15) is 32.6 Å². The van der Waals surface area contributed by atoms with Gasteiger partial charge in [0, 0.05) is 13.1 Å². The molecule has 0 bridgehead atoms. The molecule has 84 valence electrons. The quantitative estimate of drug-likeness (QED) is 0.702. The Morgan fingerprint density at radius 3 is 2.53 bits per heavy atom. The van der Waals surface area contributed by atoms with E-state index in [2.05, 4.69) is 11.2 Å². The second kappa shape index (κ2) is 6.47. The second-order valence-corrected chi connectivity index (χ2v) is 4.05. The molecule has 1 rings (SSSR count). The molecule has 1 amide bonds. The van der Waals surface area contributed by atoms with Crippen molar-refractivity contribution in [2.75, 3.05) is 19.6 Å². The van der Waals surface area contributed by atoms with Gasteiger partial charge in [0.15, 0.2) is 0 Å². The number of hydrogen-bond donors (Lipinski definition) is 1. The highest BCUT2D eigenvalue weighted by Gasteiger charge is 2.20.